The third-order valence-electron chi connectivity index (χ3n) is 6.13. The van der Waals surface area contributed by atoms with Crippen molar-refractivity contribution >= 4 is 27.4 Å². The van der Waals surface area contributed by atoms with Crippen LogP contribution < -0.4 is 9.62 Å². The molecule has 0 aliphatic carbocycles. The minimum atomic E-state index is -3.49. The molecule has 0 radical (unpaired) electrons. The number of carboxylic acid groups (broad SMARTS) is 1. The van der Waals surface area contributed by atoms with Gasteiger partial charge in [-0.3, -0.25) is 9.62 Å². The molecule has 1 fully saturated rings. The predicted molar refractivity (Wildman–Crippen MR) is 135 cm³/mol. The van der Waals surface area contributed by atoms with Crippen LogP contribution in [0, 0.1) is 0 Å². The summed E-state index contributed by atoms with van der Waals surface area (Å²) in [5, 5.41) is 9.80. The molecule has 0 saturated carbocycles. The van der Waals surface area contributed by atoms with Gasteiger partial charge in [-0.05, 0) is 36.2 Å². The molecule has 1 saturated heterocycles. The maximum absolute atomic E-state index is 12.0. The van der Waals surface area contributed by atoms with Gasteiger partial charge in [0.15, 0.2) is 0 Å². The molecule has 8 heteroatoms. The third kappa shape index (κ3) is 5.40. The molecule has 1 aliphatic heterocycles. The second-order valence-electron chi connectivity index (χ2n) is 8.29. The molecule has 1 aliphatic rings. The van der Waals surface area contributed by atoms with E-state index in [0.717, 1.165) is 13.1 Å². The molecule has 3 aromatic rings. The molecule has 0 aromatic heterocycles. The molecule has 2 N–H and O–H groups in total. The number of rotatable bonds is 8. The number of hydrogen-bond acceptors (Lipinski definition) is 5. The Morgan fingerprint density at radius 3 is 1.97 bits per heavy atom. The highest BCUT2D eigenvalue weighted by Crippen LogP contribution is 2.32. The Bertz CT molecular complexity index is 1190. The minimum Gasteiger partial charge on any atom is -0.478 e. The van der Waals surface area contributed by atoms with Crippen LogP contribution in [0.25, 0.3) is 0 Å². The SMILES string of the molecule is CCS(=O)(=O)Nc1ccc(N2CCN(C(c3ccccc3)c3ccccc3)CC2)c(C(=O)O)c1. The fourth-order valence-electron chi connectivity index (χ4n) is 4.40. The first-order valence-electron chi connectivity index (χ1n) is 11.3. The van der Waals surface area contributed by atoms with Crippen LogP contribution in [0.4, 0.5) is 11.4 Å². The lowest BCUT2D eigenvalue weighted by Gasteiger charge is -2.41. The van der Waals surface area contributed by atoms with E-state index in [9.17, 15) is 18.3 Å². The average molecular weight is 480 g/mol. The Kier molecular flexibility index (Phi) is 7.19. The van der Waals surface area contributed by atoms with Crippen LogP contribution in [-0.4, -0.2) is 56.3 Å². The molecule has 0 bridgehead atoms. The van der Waals surface area contributed by atoms with Crippen LogP contribution in [0.2, 0.25) is 0 Å². The molecule has 0 spiro atoms. The highest BCUT2D eigenvalue weighted by molar-refractivity contribution is 7.92. The Labute approximate surface area is 200 Å². The van der Waals surface area contributed by atoms with Gasteiger partial charge in [0.2, 0.25) is 10.0 Å². The lowest BCUT2D eigenvalue weighted by Crippen LogP contribution is -2.48. The highest BCUT2D eigenvalue weighted by Gasteiger charge is 2.28. The molecule has 0 unspecified atom stereocenters. The first-order chi connectivity index (χ1) is 16.4. The number of nitrogens with one attached hydrogen (secondary N) is 1. The Morgan fingerprint density at radius 1 is 0.912 bits per heavy atom. The molecule has 3 aromatic carbocycles. The fourth-order valence-corrected chi connectivity index (χ4v) is 5.03. The van der Waals surface area contributed by atoms with Crippen LogP contribution >= 0.6 is 0 Å². The quantitative estimate of drug-likeness (QED) is 0.507. The standard InChI is InChI=1S/C26H29N3O4S/c1-2-34(32,33)27-22-13-14-24(23(19-22)26(30)31)28-15-17-29(18-16-28)25(20-9-5-3-6-10-20)21-11-7-4-8-12-21/h3-14,19,25,27H,2,15-18H2,1H3,(H,30,31). The first-order valence-corrected chi connectivity index (χ1v) is 13.0. The monoisotopic (exact) mass is 479 g/mol. The van der Waals surface area contributed by atoms with E-state index < -0.39 is 16.0 Å². The Hall–Kier alpha value is -3.36. The summed E-state index contributed by atoms with van der Waals surface area (Å²) in [7, 11) is -3.49. The minimum absolute atomic E-state index is 0.0802. The number of piperazine rings is 1. The number of sulfonamides is 1. The summed E-state index contributed by atoms with van der Waals surface area (Å²) < 4.78 is 26.2. The van der Waals surface area contributed by atoms with Crippen LogP contribution in [0.15, 0.2) is 78.9 Å². The smallest absolute Gasteiger partial charge is 0.337 e. The normalized spacial score (nSPS) is 14.8. The number of carbonyl (C=O) groups is 1. The topological polar surface area (TPSA) is 90.0 Å². The van der Waals surface area contributed by atoms with E-state index in [1.807, 2.05) is 12.1 Å². The van der Waals surface area contributed by atoms with E-state index >= 15 is 0 Å². The van der Waals surface area contributed by atoms with E-state index in [4.69, 9.17) is 0 Å². The van der Waals surface area contributed by atoms with Crippen molar-refractivity contribution in [2.24, 2.45) is 0 Å². The lowest BCUT2D eigenvalue weighted by atomic mass is 9.96. The van der Waals surface area contributed by atoms with E-state index in [-0.39, 0.29) is 23.0 Å². The van der Waals surface area contributed by atoms with Crippen molar-refractivity contribution in [3.8, 4) is 0 Å². The van der Waals surface area contributed by atoms with Gasteiger partial charge in [0, 0.05) is 31.9 Å². The van der Waals surface area contributed by atoms with E-state index in [1.165, 1.54) is 24.1 Å². The number of anilines is 2. The van der Waals surface area contributed by atoms with Gasteiger partial charge in [-0.15, -0.1) is 0 Å². The van der Waals surface area contributed by atoms with Crippen molar-refractivity contribution in [2.75, 3.05) is 41.6 Å². The Balaban J connectivity index is 1.55. The van der Waals surface area contributed by atoms with Gasteiger partial charge < -0.3 is 10.0 Å². The summed E-state index contributed by atoms with van der Waals surface area (Å²) >= 11 is 0. The Morgan fingerprint density at radius 2 is 1.47 bits per heavy atom. The molecular formula is C26H29N3O4S. The molecule has 34 heavy (non-hydrogen) atoms. The van der Waals surface area contributed by atoms with Crippen molar-refractivity contribution in [2.45, 2.75) is 13.0 Å². The van der Waals surface area contributed by atoms with E-state index in [1.54, 1.807) is 12.1 Å². The number of nitrogens with zero attached hydrogens (tertiary/aromatic N) is 2. The zero-order valence-corrected chi connectivity index (χ0v) is 19.9. The summed E-state index contributed by atoms with van der Waals surface area (Å²) in [6.45, 7) is 4.38. The lowest BCUT2D eigenvalue weighted by molar-refractivity contribution is 0.0697. The van der Waals surface area contributed by atoms with Crippen molar-refractivity contribution in [3.63, 3.8) is 0 Å². The van der Waals surface area contributed by atoms with Crippen LogP contribution in [0.3, 0.4) is 0 Å². The number of hydrogen-bond donors (Lipinski definition) is 2. The summed E-state index contributed by atoms with van der Waals surface area (Å²) in [5.41, 5.74) is 3.40. The molecular weight excluding hydrogens is 450 g/mol. The van der Waals surface area contributed by atoms with Crippen molar-refractivity contribution in [3.05, 3.63) is 95.6 Å². The van der Waals surface area contributed by atoms with Gasteiger partial charge in [-0.1, -0.05) is 60.7 Å². The molecule has 4 rings (SSSR count). The average Bonchev–Trinajstić information content (AvgIpc) is 2.86. The summed E-state index contributed by atoms with van der Waals surface area (Å²) in [4.78, 5) is 16.5. The van der Waals surface area contributed by atoms with E-state index in [2.05, 4.69) is 63.1 Å². The van der Waals surface area contributed by atoms with Crippen molar-refractivity contribution < 1.29 is 18.3 Å². The van der Waals surface area contributed by atoms with Gasteiger partial charge in [0.05, 0.1) is 23.0 Å². The molecule has 1 heterocycles. The second kappa shape index (κ2) is 10.3. The fraction of sp³-hybridized carbons (Fsp3) is 0.269. The van der Waals surface area contributed by atoms with Crippen LogP contribution in [-0.2, 0) is 10.0 Å². The van der Waals surface area contributed by atoms with Gasteiger partial charge in [-0.2, -0.15) is 0 Å². The molecule has 0 atom stereocenters. The van der Waals surface area contributed by atoms with Crippen molar-refractivity contribution in [1.29, 1.82) is 0 Å². The van der Waals surface area contributed by atoms with E-state index in [0.29, 0.717) is 18.8 Å². The second-order valence-corrected chi connectivity index (χ2v) is 10.3. The largest absolute Gasteiger partial charge is 0.478 e. The van der Waals surface area contributed by atoms with Crippen LogP contribution in [0.1, 0.15) is 34.5 Å². The van der Waals surface area contributed by atoms with Gasteiger partial charge in [-0.25, -0.2) is 13.2 Å². The van der Waals surface area contributed by atoms with Gasteiger partial charge >= 0.3 is 5.97 Å². The maximum Gasteiger partial charge on any atom is 0.337 e. The molecule has 7 nitrogen and oxygen atoms in total. The molecule has 0 amide bonds. The van der Waals surface area contributed by atoms with Gasteiger partial charge in [0.25, 0.3) is 0 Å². The number of carboxylic acids is 1. The number of benzene rings is 3. The highest BCUT2D eigenvalue weighted by atomic mass is 32.2. The van der Waals surface area contributed by atoms with Crippen molar-refractivity contribution in [1.82, 2.24) is 4.90 Å². The van der Waals surface area contributed by atoms with Gasteiger partial charge in [0.1, 0.15) is 0 Å². The first kappa shape index (κ1) is 23.8. The third-order valence-corrected chi connectivity index (χ3v) is 7.44. The zero-order chi connectivity index (χ0) is 24.1. The zero-order valence-electron chi connectivity index (χ0n) is 19.1. The summed E-state index contributed by atoms with van der Waals surface area (Å²) in [5.74, 6) is -1.16. The maximum atomic E-state index is 12.0. The summed E-state index contributed by atoms with van der Waals surface area (Å²) in [6, 6.07) is 25.6. The van der Waals surface area contributed by atoms with Crippen LogP contribution in [0.5, 0.6) is 0 Å². The number of aromatic carboxylic acids is 1. The molecule has 178 valence electrons. The summed E-state index contributed by atoms with van der Waals surface area (Å²) in [6.07, 6.45) is 0. The predicted octanol–water partition coefficient (Wildman–Crippen LogP) is 4.06.